The molecule has 1 aromatic heterocycles. The van der Waals surface area contributed by atoms with Crippen LogP contribution in [0.15, 0.2) is 34.7 Å². The first-order valence-electron chi connectivity index (χ1n) is 12.8. The molecule has 0 amide bonds. The number of allylic oxidation sites excluding steroid dienone is 1. The Morgan fingerprint density at radius 3 is 2.53 bits per heavy atom. The van der Waals surface area contributed by atoms with Gasteiger partial charge in [-0.3, -0.25) is 19.2 Å². The summed E-state index contributed by atoms with van der Waals surface area (Å²) < 4.78 is 22.5. The average molecular weight is 497 g/mol. The third-order valence-electron chi connectivity index (χ3n) is 10.3. The Labute approximate surface area is 209 Å². The molecule has 8 nitrogen and oxygen atoms in total. The lowest BCUT2D eigenvalue weighted by molar-refractivity contribution is -0.218. The molecule has 0 spiro atoms. The molecule has 0 radical (unpaired) electrons. The third-order valence-corrected chi connectivity index (χ3v) is 10.3. The van der Waals surface area contributed by atoms with E-state index >= 15 is 0 Å². The minimum Gasteiger partial charge on any atom is -0.472 e. The summed E-state index contributed by atoms with van der Waals surface area (Å²) in [4.78, 5) is 51.7. The molecule has 0 unspecified atom stereocenters. The number of rotatable bonds is 2. The van der Waals surface area contributed by atoms with E-state index < -0.39 is 34.9 Å². The van der Waals surface area contributed by atoms with Crippen LogP contribution < -0.4 is 0 Å². The zero-order valence-corrected chi connectivity index (χ0v) is 21.1. The summed E-state index contributed by atoms with van der Waals surface area (Å²) >= 11 is 0. The zero-order chi connectivity index (χ0) is 25.6. The maximum Gasteiger partial charge on any atom is 0.307 e. The van der Waals surface area contributed by atoms with Gasteiger partial charge in [-0.15, -0.1) is 0 Å². The predicted molar refractivity (Wildman–Crippen MR) is 124 cm³/mol. The number of carbonyl (C=O) groups excluding carboxylic acids is 4. The van der Waals surface area contributed by atoms with E-state index in [9.17, 15) is 19.2 Å². The summed E-state index contributed by atoms with van der Waals surface area (Å²) in [6.45, 7) is 7.57. The first-order valence-corrected chi connectivity index (χ1v) is 12.8. The Morgan fingerprint density at radius 1 is 1.06 bits per heavy atom. The van der Waals surface area contributed by atoms with Gasteiger partial charge in [-0.2, -0.15) is 0 Å². The SMILES string of the molecule is CC(=O)O[C@@H]1[C@H]2C=C3[C@@H]4CC(=O)O[C@@H](c5ccoc5)[C@]4(C)CC[C@@H]3[C@](C)(C2=O)[C@H]2CC(=O)OC[C@]12C. The number of carbonyl (C=O) groups is 4. The van der Waals surface area contributed by atoms with Gasteiger partial charge in [0.1, 0.15) is 24.6 Å². The number of cyclic esters (lactones) is 2. The van der Waals surface area contributed by atoms with Crippen molar-refractivity contribution in [2.75, 3.05) is 6.61 Å². The third kappa shape index (κ3) is 2.93. The Bertz CT molecular complexity index is 1180. The molecule has 5 aliphatic rings. The highest BCUT2D eigenvalue weighted by Crippen LogP contribution is 2.68. The fourth-order valence-electron chi connectivity index (χ4n) is 8.54. The second-order valence-corrected chi connectivity index (χ2v) is 12.1. The number of hydrogen-bond donors (Lipinski definition) is 0. The van der Waals surface area contributed by atoms with Gasteiger partial charge in [0.15, 0.2) is 0 Å². The predicted octanol–water partition coefficient (Wildman–Crippen LogP) is 3.95. The molecule has 2 bridgehead atoms. The van der Waals surface area contributed by atoms with Crippen LogP contribution in [0.2, 0.25) is 0 Å². The van der Waals surface area contributed by atoms with Gasteiger partial charge in [-0.25, -0.2) is 0 Å². The van der Waals surface area contributed by atoms with Gasteiger partial charge in [-0.05, 0) is 36.7 Å². The summed E-state index contributed by atoms with van der Waals surface area (Å²) in [7, 11) is 0. The van der Waals surface area contributed by atoms with E-state index in [4.69, 9.17) is 18.6 Å². The van der Waals surface area contributed by atoms with Crippen molar-refractivity contribution < 1.29 is 37.8 Å². The molecule has 0 N–H and O–H groups in total. The molecule has 1 aromatic rings. The van der Waals surface area contributed by atoms with Gasteiger partial charge in [0.25, 0.3) is 0 Å². The lowest BCUT2D eigenvalue weighted by Gasteiger charge is -2.64. The Morgan fingerprint density at radius 2 is 1.83 bits per heavy atom. The maximum absolute atomic E-state index is 14.1. The van der Waals surface area contributed by atoms with E-state index in [-0.39, 0.29) is 60.3 Å². The number of Topliss-reactive ketones (excluding diaryl/α,β-unsaturated/α-hetero) is 1. The second kappa shape index (κ2) is 7.56. The van der Waals surface area contributed by atoms with Gasteiger partial charge in [0.2, 0.25) is 0 Å². The van der Waals surface area contributed by atoms with E-state index in [1.807, 2.05) is 26.0 Å². The van der Waals surface area contributed by atoms with Crippen molar-refractivity contribution >= 4 is 23.7 Å². The van der Waals surface area contributed by atoms with E-state index in [1.165, 1.54) is 6.92 Å². The normalized spacial score (nSPS) is 45.3. The highest BCUT2D eigenvalue weighted by molar-refractivity contribution is 5.94. The summed E-state index contributed by atoms with van der Waals surface area (Å²) in [5, 5.41) is 0. The van der Waals surface area contributed by atoms with Crippen LogP contribution in [0.25, 0.3) is 0 Å². The van der Waals surface area contributed by atoms with Gasteiger partial charge < -0.3 is 18.6 Å². The smallest absolute Gasteiger partial charge is 0.307 e. The van der Waals surface area contributed by atoms with Crippen LogP contribution in [-0.2, 0) is 33.4 Å². The largest absolute Gasteiger partial charge is 0.472 e. The van der Waals surface area contributed by atoms with E-state index in [1.54, 1.807) is 12.5 Å². The van der Waals surface area contributed by atoms with Gasteiger partial charge >= 0.3 is 17.9 Å². The summed E-state index contributed by atoms with van der Waals surface area (Å²) in [6.07, 6.45) is 5.84. The van der Waals surface area contributed by atoms with Crippen molar-refractivity contribution in [1.82, 2.24) is 0 Å². The highest BCUT2D eigenvalue weighted by Gasteiger charge is 2.71. The molecule has 192 valence electrons. The molecule has 3 aliphatic carbocycles. The molecule has 9 atom stereocenters. The van der Waals surface area contributed by atoms with Crippen LogP contribution in [0.1, 0.15) is 65.0 Å². The Hall–Kier alpha value is -2.90. The van der Waals surface area contributed by atoms with Crippen molar-refractivity contribution in [3.8, 4) is 0 Å². The number of ketones is 1. The number of fused-ring (bicyclic) bond motifs is 8. The summed E-state index contributed by atoms with van der Waals surface area (Å²) in [5.74, 6) is -2.29. The van der Waals surface area contributed by atoms with Crippen LogP contribution in [0.4, 0.5) is 0 Å². The first-order chi connectivity index (χ1) is 17.0. The van der Waals surface area contributed by atoms with Crippen molar-refractivity contribution in [1.29, 1.82) is 0 Å². The van der Waals surface area contributed by atoms with Crippen molar-refractivity contribution in [3.05, 3.63) is 35.8 Å². The highest BCUT2D eigenvalue weighted by atomic mass is 16.6. The monoisotopic (exact) mass is 496 g/mol. The van der Waals surface area contributed by atoms with Crippen LogP contribution in [0.3, 0.4) is 0 Å². The molecule has 3 heterocycles. The first kappa shape index (κ1) is 23.5. The van der Waals surface area contributed by atoms with Crippen molar-refractivity contribution in [3.63, 3.8) is 0 Å². The van der Waals surface area contributed by atoms with Gasteiger partial charge in [0.05, 0.1) is 31.3 Å². The lowest BCUT2D eigenvalue weighted by Crippen LogP contribution is -2.69. The molecule has 2 saturated carbocycles. The molecule has 0 aromatic carbocycles. The number of esters is 3. The van der Waals surface area contributed by atoms with Crippen LogP contribution in [-0.4, -0.2) is 36.4 Å². The Balaban J connectivity index is 1.51. The number of furan rings is 1. The summed E-state index contributed by atoms with van der Waals surface area (Å²) in [5.41, 5.74) is 0.0116. The second-order valence-electron chi connectivity index (χ2n) is 12.1. The molecule has 8 heteroatoms. The van der Waals surface area contributed by atoms with Crippen LogP contribution >= 0.6 is 0 Å². The maximum atomic E-state index is 14.1. The molecular weight excluding hydrogens is 464 g/mol. The topological polar surface area (TPSA) is 109 Å². The molecule has 2 saturated heterocycles. The van der Waals surface area contributed by atoms with Crippen molar-refractivity contribution in [2.24, 2.45) is 39.9 Å². The quantitative estimate of drug-likeness (QED) is 0.344. The number of hydrogen-bond acceptors (Lipinski definition) is 8. The number of ether oxygens (including phenoxy) is 3. The molecule has 6 rings (SSSR count). The molecule has 4 fully saturated rings. The van der Waals surface area contributed by atoms with E-state index in [0.717, 1.165) is 24.0 Å². The van der Waals surface area contributed by atoms with Gasteiger partial charge in [-0.1, -0.05) is 32.4 Å². The average Bonchev–Trinajstić information content (AvgIpc) is 3.35. The Kier molecular flexibility index (Phi) is 4.93. The van der Waals surface area contributed by atoms with Crippen LogP contribution in [0.5, 0.6) is 0 Å². The minimum atomic E-state index is -0.826. The molecular formula is C28H32O8. The minimum absolute atomic E-state index is 0.0213. The zero-order valence-electron chi connectivity index (χ0n) is 21.1. The fourth-order valence-corrected chi connectivity index (χ4v) is 8.54. The molecule has 36 heavy (non-hydrogen) atoms. The van der Waals surface area contributed by atoms with E-state index in [2.05, 4.69) is 6.92 Å². The van der Waals surface area contributed by atoms with E-state index in [0.29, 0.717) is 0 Å². The summed E-state index contributed by atoms with van der Waals surface area (Å²) in [6, 6.07) is 1.84. The fraction of sp³-hybridized carbons (Fsp3) is 0.643. The molecule has 2 aliphatic heterocycles. The van der Waals surface area contributed by atoms with Crippen molar-refractivity contribution in [2.45, 2.75) is 65.6 Å². The van der Waals surface area contributed by atoms with Gasteiger partial charge in [0, 0.05) is 28.7 Å². The lowest BCUT2D eigenvalue weighted by atomic mass is 9.40. The standard InChI is InChI=1S/C28H32O8/c1-14(29)35-25-17-9-16-18(28(4,23(17)32)20-11-21(30)34-13-27(20,25)3)5-7-26(2)19(16)10-22(31)36-24(26)15-6-8-33-12-15/h6,8-9,12,17-20,24-25H,5,7,10-11,13H2,1-4H3/t17-,18-,19-,20-,24-,25+,26+,27-,28-/m0/s1. The van der Waals surface area contributed by atoms with Crippen LogP contribution in [0, 0.1) is 39.9 Å².